The van der Waals surface area contributed by atoms with Gasteiger partial charge < -0.3 is 4.98 Å². The maximum Gasteiger partial charge on any atom is 0.0998 e. The van der Waals surface area contributed by atoms with Crippen molar-refractivity contribution in [3.05, 3.63) is 36.0 Å². The van der Waals surface area contributed by atoms with Crippen LogP contribution in [0.15, 0.2) is 24.4 Å². The molecular weight excluding hydrogens is 136 g/mol. The first kappa shape index (κ1) is 5.99. The minimum atomic E-state index is 0.670. The van der Waals surface area contributed by atoms with Gasteiger partial charge in [-0.15, -0.1) is 0 Å². The molecular formula is C9H5N2. The molecule has 51 valence electrons. The lowest BCUT2D eigenvalue weighted by Gasteiger charge is -1.89. The van der Waals surface area contributed by atoms with Gasteiger partial charge in [0, 0.05) is 23.2 Å². The molecule has 0 atom stereocenters. The van der Waals surface area contributed by atoms with E-state index in [4.69, 9.17) is 5.26 Å². The zero-order chi connectivity index (χ0) is 7.68. The van der Waals surface area contributed by atoms with Crippen molar-refractivity contribution in [2.45, 2.75) is 0 Å². The van der Waals surface area contributed by atoms with Gasteiger partial charge in [-0.1, -0.05) is 6.07 Å². The Morgan fingerprint density at radius 1 is 1.45 bits per heavy atom. The van der Waals surface area contributed by atoms with Crippen LogP contribution in [0.2, 0.25) is 0 Å². The molecule has 1 radical (unpaired) electrons. The molecule has 0 saturated heterocycles. The Morgan fingerprint density at radius 2 is 2.36 bits per heavy atom. The maximum atomic E-state index is 8.67. The van der Waals surface area contributed by atoms with Gasteiger partial charge >= 0.3 is 0 Å². The molecule has 0 amide bonds. The molecule has 0 aliphatic carbocycles. The molecule has 0 unspecified atom stereocenters. The molecule has 1 N–H and O–H groups in total. The number of nitriles is 1. The van der Waals surface area contributed by atoms with Crippen molar-refractivity contribution < 1.29 is 0 Å². The molecule has 0 aliphatic rings. The van der Waals surface area contributed by atoms with E-state index in [1.807, 2.05) is 12.1 Å². The number of nitrogens with zero attached hydrogens (tertiary/aromatic N) is 1. The van der Waals surface area contributed by atoms with Crippen molar-refractivity contribution in [3.63, 3.8) is 0 Å². The monoisotopic (exact) mass is 141 g/mol. The number of benzene rings is 1. The van der Waals surface area contributed by atoms with E-state index in [1.54, 1.807) is 12.3 Å². The Kier molecular flexibility index (Phi) is 1.16. The number of aromatic amines is 1. The van der Waals surface area contributed by atoms with Gasteiger partial charge in [-0.2, -0.15) is 5.26 Å². The molecule has 1 heterocycles. The second kappa shape index (κ2) is 2.14. The molecule has 0 saturated carbocycles. The van der Waals surface area contributed by atoms with E-state index < -0.39 is 0 Å². The average Bonchev–Trinajstić information content (AvgIpc) is 2.50. The first-order valence-electron chi connectivity index (χ1n) is 3.29. The van der Waals surface area contributed by atoms with Crippen LogP contribution >= 0.6 is 0 Å². The standard InChI is InChI=1S/C9H5N2/c10-6-7-2-1-3-9-8(7)4-5-11-9/h1-3,5,11H. The molecule has 0 fully saturated rings. The Morgan fingerprint density at radius 3 is 3.18 bits per heavy atom. The van der Waals surface area contributed by atoms with Crippen LogP contribution in [0.25, 0.3) is 10.9 Å². The van der Waals surface area contributed by atoms with Crippen molar-refractivity contribution in [1.82, 2.24) is 4.98 Å². The van der Waals surface area contributed by atoms with Crippen molar-refractivity contribution in [3.8, 4) is 6.07 Å². The van der Waals surface area contributed by atoms with Gasteiger partial charge in [-0.05, 0) is 12.1 Å². The van der Waals surface area contributed by atoms with Gasteiger partial charge in [0.2, 0.25) is 0 Å². The third kappa shape index (κ3) is 0.786. The van der Waals surface area contributed by atoms with Crippen LogP contribution in [-0.4, -0.2) is 4.98 Å². The summed E-state index contributed by atoms with van der Waals surface area (Å²) in [5.74, 6) is 0. The summed E-state index contributed by atoms with van der Waals surface area (Å²) >= 11 is 0. The fourth-order valence-electron chi connectivity index (χ4n) is 1.11. The normalized spacial score (nSPS) is 9.73. The van der Waals surface area contributed by atoms with Crippen LogP contribution in [0.5, 0.6) is 0 Å². The predicted molar refractivity (Wildman–Crippen MR) is 41.8 cm³/mol. The van der Waals surface area contributed by atoms with Crippen molar-refractivity contribution >= 4 is 10.9 Å². The summed E-state index contributed by atoms with van der Waals surface area (Å²) in [5.41, 5.74) is 1.63. The van der Waals surface area contributed by atoms with Crippen LogP contribution in [0.1, 0.15) is 5.56 Å². The Bertz CT molecular complexity index is 420. The first-order valence-corrected chi connectivity index (χ1v) is 3.29. The number of hydrogen-bond donors (Lipinski definition) is 1. The molecule has 1 aromatic heterocycles. The SMILES string of the molecule is N#Cc1cccc2[nH]c[c]c12. The van der Waals surface area contributed by atoms with E-state index >= 15 is 0 Å². The Hall–Kier alpha value is -1.75. The highest BCUT2D eigenvalue weighted by molar-refractivity contribution is 5.84. The van der Waals surface area contributed by atoms with Gasteiger partial charge in [0.1, 0.15) is 0 Å². The zero-order valence-corrected chi connectivity index (χ0v) is 5.76. The molecule has 2 heteroatoms. The van der Waals surface area contributed by atoms with Crippen molar-refractivity contribution in [2.75, 3.05) is 0 Å². The fraction of sp³-hybridized carbons (Fsp3) is 0. The smallest absolute Gasteiger partial charge is 0.0998 e. The number of hydrogen-bond acceptors (Lipinski definition) is 1. The maximum absolute atomic E-state index is 8.67. The van der Waals surface area contributed by atoms with E-state index in [-0.39, 0.29) is 0 Å². The van der Waals surface area contributed by atoms with Gasteiger partial charge in [0.25, 0.3) is 0 Å². The van der Waals surface area contributed by atoms with E-state index in [9.17, 15) is 0 Å². The first-order chi connectivity index (χ1) is 5.42. The number of fused-ring (bicyclic) bond motifs is 1. The number of H-pyrrole nitrogens is 1. The predicted octanol–water partition coefficient (Wildman–Crippen LogP) is 1.84. The molecule has 1 aromatic carbocycles. The summed E-state index contributed by atoms with van der Waals surface area (Å²) in [6.07, 6.45) is 1.71. The molecule has 0 bridgehead atoms. The summed E-state index contributed by atoms with van der Waals surface area (Å²) in [6.45, 7) is 0. The van der Waals surface area contributed by atoms with Crippen molar-refractivity contribution in [2.24, 2.45) is 0 Å². The van der Waals surface area contributed by atoms with Crippen LogP contribution in [0.4, 0.5) is 0 Å². The van der Waals surface area contributed by atoms with E-state index in [0.717, 1.165) is 10.9 Å². The third-order valence-corrected chi connectivity index (χ3v) is 1.63. The summed E-state index contributed by atoms with van der Waals surface area (Å²) in [5, 5.41) is 9.54. The summed E-state index contributed by atoms with van der Waals surface area (Å²) in [6, 6.07) is 10.6. The van der Waals surface area contributed by atoms with Crippen LogP contribution in [0, 0.1) is 17.4 Å². The molecule has 2 nitrogen and oxygen atoms in total. The van der Waals surface area contributed by atoms with Gasteiger partial charge in [-0.25, -0.2) is 0 Å². The van der Waals surface area contributed by atoms with Crippen LogP contribution < -0.4 is 0 Å². The highest BCUT2D eigenvalue weighted by Gasteiger charge is 1.98. The summed E-state index contributed by atoms with van der Waals surface area (Å²) in [4.78, 5) is 2.99. The van der Waals surface area contributed by atoms with E-state index in [1.165, 1.54) is 0 Å². The molecule has 2 aromatic rings. The highest BCUT2D eigenvalue weighted by Crippen LogP contribution is 2.14. The lowest BCUT2D eigenvalue weighted by atomic mass is 10.1. The fourth-order valence-corrected chi connectivity index (χ4v) is 1.11. The summed E-state index contributed by atoms with van der Waals surface area (Å²) < 4.78 is 0. The lowest BCUT2D eigenvalue weighted by Crippen LogP contribution is -1.73. The minimum Gasteiger partial charge on any atom is -0.361 e. The Balaban J connectivity index is 2.92. The zero-order valence-electron chi connectivity index (χ0n) is 5.76. The molecule has 0 aliphatic heterocycles. The van der Waals surface area contributed by atoms with Gasteiger partial charge in [-0.3, -0.25) is 0 Å². The van der Waals surface area contributed by atoms with Crippen LogP contribution in [-0.2, 0) is 0 Å². The number of nitrogens with one attached hydrogen (secondary N) is 1. The summed E-state index contributed by atoms with van der Waals surface area (Å²) in [7, 11) is 0. The topological polar surface area (TPSA) is 39.6 Å². The molecule has 11 heavy (non-hydrogen) atoms. The van der Waals surface area contributed by atoms with Gasteiger partial charge in [0.15, 0.2) is 0 Å². The second-order valence-electron chi connectivity index (χ2n) is 2.27. The largest absolute Gasteiger partial charge is 0.361 e. The van der Waals surface area contributed by atoms with Crippen LogP contribution in [0.3, 0.4) is 0 Å². The highest BCUT2D eigenvalue weighted by atomic mass is 14.7. The quantitative estimate of drug-likeness (QED) is 0.597. The average molecular weight is 141 g/mol. The second-order valence-corrected chi connectivity index (χ2v) is 2.27. The number of aromatic nitrogens is 1. The van der Waals surface area contributed by atoms with Gasteiger partial charge in [0.05, 0.1) is 11.6 Å². The number of rotatable bonds is 0. The Labute approximate surface area is 64.1 Å². The molecule has 0 spiro atoms. The van der Waals surface area contributed by atoms with E-state index in [2.05, 4.69) is 17.1 Å². The van der Waals surface area contributed by atoms with Crippen molar-refractivity contribution in [1.29, 1.82) is 5.26 Å². The molecule has 2 rings (SSSR count). The minimum absolute atomic E-state index is 0.670. The third-order valence-electron chi connectivity index (χ3n) is 1.63. The lowest BCUT2D eigenvalue weighted by molar-refractivity contribution is 1.47. The van der Waals surface area contributed by atoms with E-state index in [0.29, 0.717) is 5.56 Å².